The van der Waals surface area contributed by atoms with E-state index in [1.807, 2.05) is 85.0 Å². The molecule has 0 spiro atoms. The Hall–Kier alpha value is -2.78. The molecular weight excluding hydrogens is 306 g/mol. The molecule has 0 N–H and O–H groups in total. The van der Waals surface area contributed by atoms with Crippen LogP contribution in [0, 0.1) is 0 Å². The molecule has 3 aromatic rings. The van der Waals surface area contributed by atoms with E-state index in [0.29, 0.717) is 11.6 Å². The molecule has 4 heteroatoms. The van der Waals surface area contributed by atoms with E-state index >= 15 is 0 Å². The van der Waals surface area contributed by atoms with E-state index in [9.17, 15) is 0 Å². The highest BCUT2D eigenvalue weighted by molar-refractivity contribution is 6.28. The van der Waals surface area contributed by atoms with Gasteiger partial charge in [-0.05, 0) is 34.9 Å². The first-order valence-electron chi connectivity index (χ1n) is 7.17. The molecular formula is C19H14ClN3. The molecule has 0 amide bonds. The third-order valence-corrected chi connectivity index (χ3v) is 3.26. The Bertz CT molecular complexity index is 760. The van der Waals surface area contributed by atoms with Gasteiger partial charge < -0.3 is 0 Å². The zero-order valence-electron chi connectivity index (χ0n) is 12.3. The van der Waals surface area contributed by atoms with Gasteiger partial charge >= 0.3 is 0 Å². The lowest BCUT2D eigenvalue weighted by Crippen LogP contribution is -1.95. The topological polar surface area (TPSA) is 38.7 Å². The molecule has 0 aliphatic carbocycles. The zero-order chi connectivity index (χ0) is 15.9. The van der Waals surface area contributed by atoms with Crippen LogP contribution in [0.5, 0.6) is 0 Å². The van der Waals surface area contributed by atoms with Crippen LogP contribution in [-0.4, -0.2) is 15.0 Å². The van der Waals surface area contributed by atoms with Crippen molar-refractivity contribution in [3.05, 3.63) is 88.7 Å². The van der Waals surface area contributed by atoms with Gasteiger partial charge in [-0.15, -0.1) is 0 Å². The first-order chi connectivity index (χ1) is 11.3. The molecule has 0 saturated carbocycles. The summed E-state index contributed by atoms with van der Waals surface area (Å²) in [5.74, 6) is 1.06. The van der Waals surface area contributed by atoms with Crippen molar-refractivity contribution in [1.82, 2.24) is 15.0 Å². The minimum Gasteiger partial charge on any atom is -0.209 e. The Balaban J connectivity index is 1.82. The van der Waals surface area contributed by atoms with Gasteiger partial charge in [0.25, 0.3) is 0 Å². The van der Waals surface area contributed by atoms with Crippen molar-refractivity contribution in [2.24, 2.45) is 0 Å². The maximum Gasteiger partial charge on any atom is 0.226 e. The Labute approximate surface area is 140 Å². The lowest BCUT2D eigenvalue weighted by atomic mass is 10.2. The van der Waals surface area contributed by atoms with Crippen LogP contribution in [0.4, 0.5) is 0 Å². The van der Waals surface area contributed by atoms with Gasteiger partial charge in [0.1, 0.15) is 0 Å². The predicted molar refractivity (Wildman–Crippen MR) is 95.6 cm³/mol. The monoisotopic (exact) mass is 319 g/mol. The molecule has 0 atom stereocenters. The molecule has 0 bridgehead atoms. The van der Waals surface area contributed by atoms with Gasteiger partial charge in [-0.25, -0.2) is 4.98 Å². The highest BCUT2D eigenvalue weighted by Gasteiger charge is 2.00. The summed E-state index contributed by atoms with van der Waals surface area (Å²) in [7, 11) is 0. The smallest absolute Gasteiger partial charge is 0.209 e. The van der Waals surface area contributed by atoms with E-state index in [1.165, 1.54) is 0 Å². The minimum absolute atomic E-state index is 0.181. The molecule has 0 aliphatic rings. The first-order valence-corrected chi connectivity index (χ1v) is 7.55. The highest BCUT2D eigenvalue weighted by atomic mass is 35.5. The normalized spacial score (nSPS) is 11.3. The van der Waals surface area contributed by atoms with E-state index in [2.05, 4.69) is 15.0 Å². The van der Waals surface area contributed by atoms with Gasteiger partial charge in [0.15, 0.2) is 11.6 Å². The number of nitrogens with zero attached hydrogens (tertiary/aromatic N) is 3. The van der Waals surface area contributed by atoms with Gasteiger partial charge in [0, 0.05) is 0 Å². The molecule has 1 aromatic heterocycles. The molecule has 0 aliphatic heterocycles. The summed E-state index contributed by atoms with van der Waals surface area (Å²) in [5.41, 5.74) is 2.15. The second kappa shape index (κ2) is 7.47. The lowest BCUT2D eigenvalue weighted by Gasteiger charge is -1.98. The Morgan fingerprint density at radius 3 is 1.43 bits per heavy atom. The summed E-state index contributed by atoms with van der Waals surface area (Å²) >= 11 is 5.98. The van der Waals surface area contributed by atoms with Crippen molar-refractivity contribution in [1.29, 1.82) is 0 Å². The summed E-state index contributed by atoms with van der Waals surface area (Å²) in [5, 5.41) is 0.181. The summed E-state index contributed by atoms with van der Waals surface area (Å²) in [6.45, 7) is 0. The maximum absolute atomic E-state index is 5.98. The van der Waals surface area contributed by atoms with Gasteiger partial charge in [-0.1, -0.05) is 72.8 Å². The summed E-state index contributed by atoms with van der Waals surface area (Å²) < 4.78 is 0. The third-order valence-electron chi connectivity index (χ3n) is 3.09. The quantitative estimate of drug-likeness (QED) is 0.689. The molecule has 112 valence electrons. The minimum atomic E-state index is 0.181. The number of hydrogen-bond acceptors (Lipinski definition) is 3. The first kappa shape index (κ1) is 15.1. The second-order valence-corrected chi connectivity index (χ2v) is 5.15. The van der Waals surface area contributed by atoms with Crippen LogP contribution in [0.25, 0.3) is 24.3 Å². The van der Waals surface area contributed by atoms with Crippen molar-refractivity contribution < 1.29 is 0 Å². The van der Waals surface area contributed by atoms with Crippen LogP contribution in [0.1, 0.15) is 22.8 Å². The summed E-state index contributed by atoms with van der Waals surface area (Å²) in [4.78, 5) is 12.6. The van der Waals surface area contributed by atoms with Crippen LogP contribution >= 0.6 is 11.6 Å². The third kappa shape index (κ3) is 4.59. The highest BCUT2D eigenvalue weighted by Crippen LogP contribution is 2.10. The number of halogens is 1. The van der Waals surface area contributed by atoms with Crippen molar-refractivity contribution in [2.45, 2.75) is 0 Å². The van der Waals surface area contributed by atoms with Gasteiger partial charge in [-0.2, -0.15) is 9.97 Å². The SMILES string of the molecule is Clc1nc(/C=C/c2ccccc2)nc(/C=C/c2ccccc2)n1. The van der Waals surface area contributed by atoms with Crippen LogP contribution in [0.2, 0.25) is 5.28 Å². The van der Waals surface area contributed by atoms with Crippen LogP contribution in [-0.2, 0) is 0 Å². The maximum atomic E-state index is 5.98. The van der Waals surface area contributed by atoms with Gasteiger partial charge in [-0.3, -0.25) is 0 Å². The van der Waals surface area contributed by atoms with E-state index in [4.69, 9.17) is 11.6 Å². The Morgan fingerprint density at radius 1 is 0.565 bits per heavy atom. The van der Waals surface area contributed by atoms with Crippen molar-refractivity contribution >= 4 is 35.9 Å². The predicted octanol–water partition coefficient (Wildman–Crippen LogP) is 4.87. The molecule has 23 heavy (non-hydrogen) atoms. The Kier molecular flexibility index (Phi) is 4.92. The van der Waals surface area contributed by atoms with Crippen molar-refractivity contribution in [3.8, 4) is 0 Å². The second-order valence-electron chi connectivity index (χ2n) is 4.81. The Morgan fingerprint density at radius 2 is 1.00 bits per heavy atom. The van der Waals surface area contributed by atoms with E-state index in [0.717, 1.165) is 11.1 Å². The van der Waals surface area contributed by atoms with Crippen LogP contribution in [0.15, 0.2) is 60.7 Å². The number of rotatable bonds is 4. The van der Waals surface area contributed by atoms with Gasteiger partial charge in [0.05, 0.1) is 0 Å². The summed E-state index contributed by atoms with van der Waals surface area (Å²) in [6, 6.07) is 19.9. The molecule has 0 saturated heterocycles. The van der Waals surface area contributed by atoms with Crippen LogP contribution in [0.3, 0.4) is 0 Å². The number of aromatic nitrogens is 3. The molecule has 3 nitrogen and oxygen atoms in total. The molecule has 2 aromatic carbocycles. The van der Waals surface area contributed by atoms with Crippen molar-refractivity contribution in [3.63, 3.8) is 0 Å². The molecule has 1 heterocycles. The fourth-order valence-corrected chi connectivity index (χ4v) is 2.17. The molecule has 0 fully saturated rings. The van der Waals surface area contributed by atoms with E-state index in [1.54, 1.807) is 0 Å². The molecule has 3 rings (SSSR count). The van der Waals surface area contributed by atoms with Crippen LogP contribution < -0.4 is 0 Å². The van der Waals surface area contributed by atoms with E-state index in [-0.39, 0.29) is 5.28 Å². The number of benzene rings is 2. The average molecular weight is 320 g/mol. The summed E-state index contributed by atoms with van der Waals surface area (Å²) in [6.07, 6.45) is 7.53. The van der Waals surface area contributed by atoms with Crippen molar-refractivity contribution in [2.75, 3.05) is 0 Å². The van der Waals surface area contributed by atoms with Gasteiger partial charge in [0.2, 0.25) is 5.28 Å². The largest absolute Gasteiger partial charge is 0.226 e. The average Bonchev–Trinajstić information content (AvgIpc) is 2.60. The number of hydrogen-bond donors (Lipinski definition) is 0. The fourth-order valence-electron chi connectivity index (χ4n) is 2.00. The van der Waals surface area contributed by atoms with E-state index < -0.39 is 0 Å². The molecule has 0 unspecified atom stereocenters. The fraction of sp³-hybridized carbons (Fsp3) is 0. The lowest BCUT2D eigenvalue weighted by molar-refractivity contribution is 1.01. The molecule has 0 radical (unpaired) electrons. The standard InChI is InChI=1S/C19H14ClN3/c20-19-22-17(13-11-15-7-3-1-4-8-15)21-18(23-19)14-12-16-9-5-2-6-10-16/h1-14H/b13-11+,14-12+. The zero-order valence-corrected chi connectivity index (χ0v) is 13.1.